The first-order chi connectivity index (χ1) is 10.9. The standard InChI is InChI=1S/C15H11F3N2O3/c1-2-23-15(22)11-5-3-4-10(19-11)14(21)20-9-7-6-8(16)12(17)13(9)18/h3-7H,2H2,1H3,(H,20,21). The molecule has 0 saturated carbocycles. The average Bonchev–Trinajstić information content (AvgIpc) is 2.55. The topological polar surface area (TPSA) is 68.3 Å². The van der Waals surface area contributed by atoms with Crippen molar-refractivity contribution < 1.29 is 27.5 Å². The molecule has 1 aromatic carbocycles. The van der Waals surface area contributed by atoms with E-state index in [9.17, 15) is 22.8 Å². The number of carbonyl (C=O) groups excluding carboxylic acids is 2. The summed E-state index contributed by atoms with van der Waals surface area (Å²) in [6, 6.07) is 5.55. The highest BCUT2D eigenvalue weighted by Gasteiger charge is 2.18. The summed E-state index contributed by atoms with van der Waals surface area (Å²) >= 11 is 0. The fraction of sp³-hybridized carbons (Fsp3) is 0.133. The van der Waals surface area contributed by atoms with Gasteiger partial charge < -0.3 is 10.1 Å². The molecule has 2 aromatic rings. The molecule has 1 N–H and O–H groups in total. The lowest BCUT2D eigenvalue weighted by molar-refractivity contribution is 0.0519. The molecule has 8 heteroatoms. The van der Waals surface area contributed by atoms with Gasteiger partial charge in [-0.15, -0.1) is 0 Å². The lowest BCUT2D eigenvalue weighted by Gasteiger charge is -2.08. The molecule has 1 aromatic heterocycles. The Kier molecular flexibility index (Phi) is 4.95. The van der Waals surface area contributed by atoms with Gasteiger partial charge in [0.1, 0.15) is 11.4 Å². The molecule has 0 saturated heterocycles. The van der Waals surface area contributed by atoms with Gasteiger partial charge >= 0.3 is 5.97 Å². The number of anilines is 1. The normalized spacial score (nSPS) is 10.3. The van der Waals surface area contributed by atoms with Crippen molar-refractivity contribution in [2.45, 2.75) is 6.92 Å². The van der Waals surface area contributed by atoms with E-state index in [1.54, 1.807) is 6.92 Å². The third-order valence-corrected chi connectivity index (χ3v) is 2.75. The van der Waals surface area contributed by atoms with Gasteiger partial charge in [0, 0.05) is 0 Å². The van der Waals surface area contributed by atoms with Gasteiger partial charge in [-0.25, -0.2) is 22.9 Å². The van der Waals surface area contributed by atoms with Crippen LogP contribution in [0.2, 0.25) is 0 Å². The molecule has 0 bridgehead atoms. The molecular weight excluding hydrogens is 313 g/mol. The summed E-state index contributed by atoms with van der Waals surface area (Å²) in [5.74, 6) is -6.21. The van der Waals surface area contributed by atoms with Crippen molar-refractivity contribution in [2.24, 2.45) is 0 Å². The number of aromatic nitrogens is 1. The highest BCUT2D eigenvalue weighted by molar-refractivity contribution is 6.03. The van der Waals surface area contributed by atoms with Crippen molar-refractivity contribution in [3.63, 3.8) is 0 Å². The Morgan fingerprint density at radius 3 is 2.48 bits per heavy atom. The van der Waals surface area contributed by atoms with Crippen LogP contribution in [-0.4, -0.2) is 23.5 Å². The van der Waals surface area contributed by atoms with Gasteiger partial charge in [0.25, 0.3) is 5.91 Å². The maximum Gasteiger partial charge on any atom is 0.356 e. The van der Waals surface area contributed by atoms with Crippen molar-refractivity contribution in [1.82, 2.24) is 4.98 Å². The molecule has 0 atom stereocenters. The van der Waals surface area contributed by atoms with Gasteiger partial charge in [-0.3, -0.25) is 4.79 Å². The van der Waals surface area contributed by atoms with Crippen LogP contribution < -0.4 is 5.32 Å². The van der Waals surface area contributed by atoms with E-state index in [0.29, 0.717) is 6.07 Å². The van der Waals surface area contributed by atoms with Crippen molar-refractivity contribution in [1.29, 1.82) is 0 Å². The lowest BCUT2D eigenvalue weighted by Crippen LogP contribution is -2.17. The van der Waals surface area contributed by atoms with E-state index in [-0.39, 0.29) is 18.0 Å². The first-order valence-corrected chi connectivity index (χ1v) is 6.53. The lowest BCUT2D eigenvalue weighted by atomic mass is 10.2. The van der Waals surface area contributed by atoms with E-state index in [2.05, 4.69) is 10.3 Å². The van der Waals surface area contributed by atoms with E-state index in [1.807, 2.05) is 0 Å². The number of ether oxygens (including phenoxy) is 1. The van der Waals surface area contributed by atoms with Crippen LogP contribution in [-0.2, 0) is 4.74 Å². The van der Waals surface area contributed by atoms with Gasteiger partial charge in [-0.05, 0) is 31.2 Å². The summed E-state index contributed by atoms with van der Waals surface area (Å²) < 4.78 is 44.2. The Balaban J connectivity index is 2.23. The van der Waals surface area contributed by atoms with Crippen LogP contribution in [0.15, 0.2) is 30.3 Å². The highest BCUT2D eigenvalue weighted by Crippen LogP contribution is 2.20. The molecule has 1 heterocycles. The van der Waals surface area contributed by atoms with E-state index >= 15 is 0 Å². The van der Waals surface area contributed by atoms with E-state index in [1.165, 1.54) is 18.2 Å². The number of benzene rings is 1. The number of nitrogens with zero attached hydrogens (tertiary/aromatic N) is 1. The maximum absolute atomic E-state index is 13.5. The minimum atomic E-state index is -1.70. The smallest absolute Gasteiger partial charge is 0.356 e. The van der Waals surface area contributed by atoms with Gasteiger partial charge in [0.2, 0.25) is 0 Å². The Hall–Kier alpha value is -2.90. The predicted octanol–water partition coefficient (Wildman–Crippen LogP) is 2.93. The second kappa shape index (κ2) is 6.91. The van der Waals surface area contributed by atoms with Gasteiger partial charge in [0.15, 0.2) is 17.5 Å². The first kappa shape index (κ1) is 16.5. The van der Waals surface area contributed by atoms with E-state index in [4.69, 9.17) is 4.74 Å². The number of amides is 1. The molecule has 1 amide bonds. The number of pyridine rings is 1. The third-order valence-electron chi connectivity index (χ3n) is 2.75. The summed E-state index contributed by atoms with van der Waals surface area (Å²) in [7, 11) is 0. The number of halogens is 3. The molecular formula is C15H11F3N2O3. The van der Waals surface area contributed by atoms with Crippen molar-refractivity contribution >= 4 is 17.6 Å². The molecule has 0 aliphatic carbocycles. The summed E-state index contributed by atoms with van der Waals surface area (Å²) in [5, 5.41) is 2.06. The number of rotatable bonds is 4. The quantitative estimate of drug-likeness (QED) is 0.693. The molecule has 0 fully saturated rings. The van der Waals surface area contributed by atoms with Gasteiger partial charge in [0.05, 0.1) is 12.3 Å². The first-order valence-electron chi connectivity index (χ1n) is 6.53. The van der Waals surface area contributed by atoms with Crippen molar-refractivity contribution in [3.05, 3.63) is 59.2 Å². The summed E-state index contributed by atoms with van der Waals surface area (Å²) in [6.07, 6.45) is 0. The predicted molar refractivity (Wildman–Crippen MR) is 74.5 cm³/mol. The third kappa shape index (κ3) is 3.65. The van der Waals surface area contributed by atoms with Crippen LogP contribution in [0, 0.1) is 17.5 Å². The molecule has 2 rings (SSSR count). The monoisotopic (exact) mass is 324 g/mol. The van der Waals surface area contributed by atoms with E-state index < -0.39 is 35.0 Å². The zero-order valence-electron chi connectivity index (χ0n) is 11.9. The molecule has 5 nitrogen and oxygen atoms in total. The molecule has 23 heavy (non-hydrogen) atoms. The molecule has 0 spiro atoms. The highest BCUT2D eigenvalue weighted by atomic mass is 19.2. The van der Waals surface area contributed by atoms with Crippen LogP contribution in [0.3, 0.4) is 0 Å². The van der Waals surface area contributed by atoms with Gasteiger partial charge in [-0.2, -0.15) is 0 Å². The van der Waals surface area contributed by atoms with Crippen molar-refractivity contribution in [2.75, 3.05) is 11.9 Å². The second-order valence-electron chi connectivity index (χ2n) is 4.31. The van der Waals surface area contributed by atoms with Crippen LogP contribution >= 0.6 is 0 Å². The molecule has 0 radical (unpaired) electrons. The number of hydrogen-bond donors (Lipinski definition) is 1. The number of esters is 1. The summed E-state index contributed by atoms with van der Waals surface area (Å²) in [6.45, 7) is 1.75. The summed E-state index contributed by atoms with van der Waals surface area (Å²) in [4.78, 5) is 27.3. The zero-order chi connectivity index (χ0) is 17.0. The van der Waals surface area contributed by atoms with Crippen LogP contribution in [0.1, 0.15) is 27.9 Å². The Morgan fingerprint density at radius 1 is 1.09 bits per heavy atom. The molecule has 0 aliphatic rings. The number of hydrogen-bond acceptors (Lipinski definition) is 4. The largest absolute Gasteiger partial charge is 0.461 e. The molecule has 0 unspecified atom stereocenters. The number of carbonyl (C=O) groups is 2. The maximum atomic E-state index is 13.5. The Labute approximate surface area is 129 Å². The minimum Gasteiger partial charge on any atom is -0.461 e. The number of nitrogens with one attached hydrogen (secondary N) is 1. The minimum absolute atomic E-state index is 0.106. The average molecular weight is 324 g/mol. The molecule has 120 valence electrons. The second-order valence-corrected chi connectivity index (χ2v) is 4.31. The van der Waals surface area contributed by atoms with Crippen molar-refractivity contribution in [3.8, 4) is 0 Å². The zero-order valence-corrected chi connectivity index (χ0v) is 11.9. The fourth-order valence-corrected chi connectivity index (χ4v) is 1.69. The SMILES string of the molecule is CCOC(=O)c1cccc(C(=O)Nc2ccc(F)c(F)c2F)n1. The summed E-state index contributed by atoms with van der Waals surface area (Å²) in [5.41, 5.74) is -0.859. The Bertz CT molecular complexity index is 766. The fourth-order valence-electron chi connectivity index (χ4n) is 1.69. The van der Waals surface area contributed by atoms with Crippen LogP contribution in [0.4, 0.5) is 18.9 Å². The van der Waals surface area contributed by atoms with Crippen LogP contribution in [0.5, 0.6) is 0 Å². The van der Waals surface area contributed by atoms with E-state index in [0.717, 1.165) is 6.07 Å². The van der Waals surface area contributed by atoms with Crippen LogP contribution in [0.25, 0.3) is 0 Å². The molecule has 0 aliphatic heterocycles. The Morgan fingerprint density at radius 2 is 1.78 bits per heavy atom. The van der Waals surface area contributed by atoms with Gasteiger partial charge in [-0.1, -0.05) is 6.07 Å².